The van der Waals surface area contributed by atoms with Crippen LogP contribution in [-0.4, -0.2) is 56.8 Å². The van der Waals surface area contributed by atoms with Crippen LogP contribution in [0, 0.1) is 0 Å². The van der Waals surface area contributed by atoms with Crippen LogP contribution in [0.15, 0.2) is 63.0 Å². The van der Waals surface area contributed by atoms with E-state index >= 15 is 0 Å². The number of hydrogen-bond acceptors (Lipinski definition) is 5. The second kappa shape index (κ2) is 14.7. The number of nitrogens with one attached hydrogen (secondary N) is 2. The molecule has 2 atom stereocenters. The third-order valence-corrected chi connectivity index (χ3v) is 5.48. The summed E-state index contributed by atoms with van der Waals surface area (Å²) in [5, 5.41) is 6.89. The minimum Gasteiger partial charge on any atom is -0.469 e. The van der Waals surface area contributed by atoms with Crippen molar-refractivity contribution >= 4 is 41.7 Å². The van der Waals surface area contributed by atoms with Crippen LogP contribution in [0.1, 0.15) is 19.1 Å². The minimum atomic E-state index is 0. The molecule has 30 heavy (non-hydrogen) atoms. The van der Waals surface area contributed by atoms with Gasteiger partial charge in [-0.2, -0.15) is 0 Å². The second-order valence-electron chi connectivity index (χ2n) is 7.01. The maximum atomic E-state index is 5.92. The Morgan fingerprint density at radius 3 is 2.87 bits per heavy atom. The standard InChI is InChI=1S/C22H31N3O3S.HI/c1-18(16-28-20-10-14-26-17-20)25-22(23-11-9-19-6-5-13-27-19)24-12-15-29-21-7-3-2-4-8-21;/h2-8,13,18,20H,9-12,14-17H2,1H3,(H2,23,24,25);1H. The lowest BCUT2D eigenvalue weighted by Gasteiger charge is -2.20. The van der Waals surface area contributed by atoms with E-state index in [1.807, 2.05) is 30.0 Å². The number of thioether (sulfide) groups is 1. The van der Waals surface area contributed by atoms with E-state index in [4.69, 9.17) is 18.9 Å². The molecule has 0 saturated carbocycles. The molecule has 3 rings (SSSR count). The first kappa shape index (κ1) is 25.0. The van der Waals surface area contributed by atoms with Crippen LogP contribution in [0.3, 0.4) is 0 Å². The quantitative estimate of drug-likeness (QED) is 0.147. The van der Waals surface area contributed by atoms with Crippen molar-refractivity contribution in [2.45, 2.75) is 36.8 Å². The van der Waals surface area contributed by atoms with Gasteiger partial charge in [0.2, 0.25) is 0 Å². The molecule has 0 bridgehead atoms. The van der Waals surface area contributed by atoms with Crippen molar-refractivity contribution < 1.29 is 13.9 Å². The summed E-state index contributed by atoms with van der Waals surface area (Å²) in [6, 6.07) is 14.5. The fourth-order valence-electron chi connectivity index (χ4n) is 2.94. The number of ether oxygens (including phenoxy) is 2. The van der Waals surface area contributed by atoms with Crippen molar-refractivity contribution in [3.05, 3.63) is 54.5 Å². The summed E-state index contributed by atoms with van der Waals surface area (Å²) in [7, 11) is 0. The first-order valence-electron chi connectivity index (χ1n) is 10.2. The van der Waals surface area contributed by atoms with Crippen LogP contribution in [0.5, 0.6) is 0 Å². The SMILES string of the molecule is CC(COC1CCOC1)NC(=NCCc1ccco1)NCCSc1ccccc1.I. The molecule has 1 aliphatic heterocycles. The lowest BCUT2D eigenvalue weighted by atomic mass is 10.3. The monoisotopic (exact) mass is 545 g/mol. The van der Waals surface area contributed by atoms with Gasteiger partial charge in [-0.1, -0.05) is 18.2 Å². The number of benzene rings is 1. The van der Waals surface area contributed by atoms with Crippen molar-refractivity contribution in [2.75, 3.05) is 38.7 Å². The number of hydrogen-bond donors (Lipinski definition) is 2. The molecular weight excluding hydrogens is 513 g/mol. The molecule has 2 N–H and O–H groups in total. The summed E-state index contributed by atoms with van der Waals surface area (Å²) in [4.78, 5) is 5.98. The Hall–Kier alpha value is -1.23. The van der Waals surface area contributed by atoms with Crippen molar-refractivity contribution in [1.82, 2.24) is 10.6 Å². The van der Waals surface area contributed by atoms with E-state index in [-0.39, 0.29) is 36.1 Å². The fraction of sp³-hybridized carbons (Fsp3) is 0.500. The molecule has 6 nitrogen and oxygen atoms in total. The van der Waals surface area contributed by atoms with Gasteiger partial charge in [0.1, 0.15) is 5.76 Å². The van der Waals surface area contributed by atoms with Gasteiger partial charge in [-0.3, -0.25) is 4.99 Å². The van der Waals surface area contributed by atoms with Gasteiger partial charge in [0.15, 0.2) is 5.96 Å². The summed E-state index contributed by atoms with van der Waals surface area (Å²) >= 11 is 1.83. The van der Waals surface area contributed by atoms with Gasteiger partial charge in [-0.15, -0.1) is 35.7 Å². The summed E-state index contributed by atoms with van der Waals surface area (Å²) in [5.74, 6) is 2.72. The van der Waals surface area contributed by atoms with Crippen molar-refractivity contribution in [3.8, 4) is 0 Å². The largest absolute Gasteiger partial charge is 0.469 e. The summed E-state index contributed by atoms with van der Waals surface area (Å²) in [6.07, 6.45) is 3.67. The Morgan fingerprint density at radius 1 is 1.27 bits per heavy atom. The van der Waals surface area contributed by atoms with Gasteiger partial charge < -0.3 is 24.5 Å². The van der Waals surface area contributed by atoms with Crippen molar-refractivity contribution in [2.24, 2.45) is 4.99 Å². The first-order valence-corrected chi connectivity index (χ1v) is 11.2. The first-order chi connectivity index (χ1) is 14.3. The molecule has 2 heterocycles. The van der Waals surface area contributed by atoms with E-state index in [0.29, 0.717) is 19.8 Å². The summed E-state index contributed by atoms with van der Waals surface area (Å²) in [6.45, 7) is 5.73. The average molecular weight is 545 g/mol. The maximum absolute atomic E-state index is 5.92. The second-order valence-corrected chi connectivity index (χ2v) is 8.18. The molecule has 0 aliphatic carbocycles. The van der Waals surface area contributed by atoms with E-state index in [1.165, 1.54) is 4.90 Å². The highest BCUT2D eigenvalue weighted by atomic mass is 127. The van der Waals surface area contributed by atoms with E-state index in [0.717, 1.165) is 43.5 Å². The van der Waals surface area contributed by atoms with Crippen LogP contribution < -0.4 is 10.6 Å². The molecule has 2 unspecified atom stereocenters. The van der Waals surface area contributed by atoms with E-state index in [1.54, 1.807) is 6.26 Å². The van der Waals surface area contributed by atoms with Crippen molar-refractivity contribution in [1.29, 1.82) is 0 Å². The maximum Gasteiger partial charge on any atom is 0.191 e. The van der Waals surface area contributed by atoms with Crippen LogP contribution in [0.2, 0.25) is 0 Å². The molecule has 1 fully saturated rings. The molecule has 0 spiro atoms. The van der Waals surface area contributed by atoms with Crippen molar-refractivity contribution in [3.63, 3.8) is 0 Å². The Balaban J connectivity index is 0.00000320. The number of furan rings is 1. The average Bonchev–Trinajstić information content (AvgIpc) is 3.44. The predicted octanol–water partition coefficient (Wildman–Crippen LogP) is 3.96. The third-order valence-electron chi connectivity index (χ3n) is 4.47. The van der Waals surface area contributed by atoms with Crippen LogP contribution in [0.25, 0.3) is 0 Å². The Morgan fingerprint density at radius 2 is 2.13 bits per heavy atom. The third kappa shape index (κ3) is 9.72. The van der Waals surface area contributed by atoms with Gasteiger partial charge in [0, 0.05) is 42.8 Å². The lowest BCUT2D eigenvalue weighted by molar-refractivity contribution is 0.0347. The smallest absolute Gasteiger partial charge is 0.191 e. The van der Waals surface area contributed by atoms with Gasteiger partial charge in [0.05, 0.1) is 25.6 Å². The van der Waals surface area contributed by atoms with Gasteiger partial charge in [-0.05, 0) is 37.6 Å². The predicted molar refractivity (Wildman–Crippen MR) is 133 cm³/mol. The van der Waals surface area contributed by atoms with Gasteiger partial charge in [0.25, 0.3) is 0 Å². The Labute approximate surface area is 200 Å². The number of guanidine groups is 1. The zero-order valence-electron chi connectivity index (χ0n) is 17.4. The van der Waals surface area contributed by atoms with Crippen LogP contribution >= 0.6 is 35.7 Å². The van der Waals surface area contributed by atoms with Crippen LogP contribution in [0.4, 0.5) is 0 Å². The zero-order chi connectivity index (χ0) is 20.2. The minimum absolute atomic E-state index is 0. The number of halogens is 1. The molecule has 1 aromatic carbocycles. The summed E-state index contributed by atoms with van der Waals surface area (Å²) in [5.41, 5.74) is 0. The number of aliphatic imine (C=N–C) groups is 1. The molecule has 1 saturated heterocycles. The number of nitrogens with zero attached hydrogens (tertiary/aromatic N) is 1. The van der Waals surface area contributed by atoms with E-state index in [2.05, 4.69) is 41.8 Å². The molecular formula is C22H32IN3O3S. The lowest BCUT2D eigenvalue weighted by Crippen LogP contribution is -2.45. The Bertz CT molecular complexity index is 710. The molecule has 2 aromatic rings. The van der Waals surface area contributed by atoms with Gasteiger partial charge in [-0.25, -0.2) is 0 Å². The molecule has 1 aromatic heterocycles. The normalized spacial score (nSPS) is 17.4. The zero-order valence-corrected chi connectivity index (χ0v) is 20.6. The molecule has 1 aliphatic rings. The van der Waals surface area contributed by atoms with E-state index in [9.17, 15) is 0 Å². The highest BCUT2D eigenvalue weighted by molar-refractivity contribution is 14.0. The molecule has 0 amide bonds. The van der Waals surface area contributed by atoms with Crippen LogP contribution in [-0.2, 0) is 15.9 Å². The molecule has 166 valence electrons. The van der Waals surface area contributed by atoms with Gasteiger partial charge >= 0.3 is 0 Å². The molecule has 0 radical (unpaired) electrons. The van der Waals surface area contributed by atoms with E-state index < -0.39 is 0 Å². The highest BCUT2D eigenvalue weighted by Gasteiger charge is 2.17. The topological polar surface area (TPSA) is 68.0 Å². The number of rotatable bonds is 11. The fourth-order valence-corrected chi connectivity index (χ4v) is 3.73. The Kier molecular flexibility index (Phi) is 12.3. The highest BCUT2D eigenvalue weighted by Crippen LogP contribution is 2.15. The molecule has 8 heteroatoms. The summed E-state index contributed by atoms with van der Waals surface area (Å²) < 4.78 is 16.7.